The Labute approximate surface area is 200 Å². The first-order valence-corrected chi connectivity index (χ1v) is 11.1. The van der Waals surface area contributed by atoms with Gasteiger partial charge in [-0.05, 0) is 45.9 Å². The number of para-hydroxylation sites is 1. The normalized spacial score (nSPS) is 12.1. The Balaban J connectivity index is 1.66. The fourth-order valence-corrected chi connectivity index (χ4v) is 3.56. The topological polar surface area (TPSA) is 86.1 Å². The molecule has 180 valence electrons. The van der Waals surface area contributed by atoms with Crippen LogP contribution < -0.4 is 5.32 Å². The van der Waals surface area contributed by atoms with Crippen LogP contribution in [0.3, 0.4) is 0 Å². The van der Waals surface area contributed by atoms with Gasteiger partial charge < -0.3 is 10.1 Å². The first-order chi connectivity index (χ1) is 16.7. The SMILES string of the molecule is Cc1ccc(-c2cc(C(=O)OC(C)C(=O)Nc3c(F)cccc3F)c3cnn(C(C)C)c3n2)cc1. The second-order valence-electron chi connectivity index (χ2n) is 8.47. The zero-order chi connectivity index (χ0) is 25.3. The highest BCUT2D eigenvalue weighted by atomic mass is 19.1. The van der Waals surface area contributed by atoms with Crippen molar-refractivity contribution in [3.63, 3.8) is 0 Å². The number of benzene rings is 2. The van der Waals surface area contributed by atoms with Crippen molar-refractivity contribution < 1.29 is 23.1 Å². The van der Waals surface area contributed by atoms with E-state index in [0.29, 0.717) is 16.7 Å². The van der Waals surface area contributed by atoms with Gasteiger partial charge in [0.15, 0.2) is 11.8 Å². The van der Waals surface area contributed by atoms with Crippen LogP contribution in [0.1, 0.15) is 42.7 Å². The van der Waals surface area contributed by atoms with Crippen molar-refractivity contribution in [1.29, 1.82) is 0 Å². The Morgan fingerprint density at radius 2 is 1.69 bits per heavy atom. The molecule has 35 heavy (non-hydrogen) atoms. The summed E-state index contributed by atoms with van der Waals surface area (Å²) < 4.78 is 34.9. The number of anilines is 1. The van der Waals surface area contributed by atoms with Crippen molar-refractivity contribution >= 4 is 28.6 Å². The van der Waals surface area contributed by atoms with Crippen LogP contribution in [0.2, 0.25) is 0 Å². The van der Waals surface area contributed by atoms with Crippen molar-refractivity contribution in [2.24, 2.45) is 0 Å². The van der Waals surface area contributed by atoms with Gasteiger partial charge >= 0.3 is 5.97 Å². The van der Waals surface area contributed by atoms with E-state index in [0.717, 1.165) is 23.3 Å². The molecule has 2 aromatic carbocycles. The van der Waals surface area contributed by atoms with Crippen molar-refractivity contribution in [3.8, 4) is 11.3 Å². The van der Waals surface area contributed by atoms with E-state index in [4.69, 9.17) is 9.72 Å². The summed E-state index contributed by atoms with van der Waals surface area (Å²) >= 11 is 0. The average molecular weight is 478 g/mol. The summed E-state index contributed by atoms with van der Waals surface area (Å²) in [7, 11) is 0. The molecule has 0 aliphatic carbocycles. The van der Waals surface area contributed by atoms with E-state index in [1.54, 1.807) is 10.7 Å². The summed E-state index contributed by atoms with van der Waals surface area (Å²) in [5.74, 6) is -3.52. The maximum atomic E-state index is 13.9. The molecule has 4 aromatic rings. The fourth-order valence-electron chi connectivity index (χ4n) is 3.56. The number of fused-ring (bicyclic) bond motifs is 1. The summed E-state index contributed by atoms with van der Waals surface area (Å²) in [6.07, 6.45) is 0.199. The molecule has 2 aromatic heterocycles. The number of esters is 1. The number of ether oxygens (including phenoxy) is 1. The average Bonchev–Trinajstić information content (AvgIpc) is 3.25. The molecule has 4 rings (SSSR count). The molecule has 9 heteroatoms. The van der Waals surface area contributed by atoms with E-state index in [1.165, 1.54) is 19.2 Å². The maximum absolute atomic E-state index is 13.9. The van der Waals surface area contributed by atoms with Crippen LogP contribution in [-0.2, 0) is 9.53 Å². The lowest BCUT2D eigenvalue weighted by molar-refractivity contribution is -0.123. The maximum Gasteiger partial charge on any atom is 0.339 e. The quantitative estimate of drug-likeness (QED) is 0.373. The van der Waals surface area contributed by atoms with Gasteiger partial charge in [-0.1, -0.05) is 35.9 Å². The van der Waals surface area contributed by atoms with E-state index in [9.17, 15) is 18.4 Å². The van der Waals surface area contributed by atoms with Crippen molar-refractivity contribution in [3.05, 3.63) is 77.5 Å². The molecule has 0 bridgehead atoms. The number of rotatable bonds is 6. The Morgan fingerprint density at radius 3 is 2.31 bits per heavy atom. The summed E-state index contributed by atoms with van der Waals surface area (Å²) in [5.41, 5.74) is 2.48. The van der Waals surface area contributed by atoms with Crippen LogP contribution in [0.5, 0.6) is 0 Å². The molecule has 1 N–H and O–H groups in total. The third-order valence-corrected chi connectivity index (χ3v) is 5.49. The Kier molecular flexibility index (Phi) is 6.59. The van der Waals surface area contributed by atoms with Crippen molar-refractivity contribution in [2.75, 3.05) is 5.32 Å². The zero-order valence-corrected chi connectivity index (χ0v) is 19.7. The number of nitrogens with one attached hydrogen (secondary N) is 1. The molecule has 0 aliphatic rings. The number of carbonyl (C=O) groups excluding carboxylic acids is 2. The standard InChI is InChI=1S/C26H24F2N4O3/c1-14(2)32-24-19(13-29-32)18(12-22(30-24)17-10-8-15(3)9-11-17)26(34)35-16(4)25(33)31-23-20(27)6-5-7-21(23)28/h5-14,16H,1-4H3,(H,31,33). The highest BCUT2D eigenvalue weighted by Gasteiger charge is 2.25. The number of aromatic nitrogens is 3. The molecule has 1 unspecified atom stereocenters. The van der Waals surface area contributed by atoms with Crippen molar-refractivity contribution in [1.82, 2.24) is 14.8 Å². The molecule has 0 saturated heterocycles. The minimum atomic E-state index is -1.33. The van der Waals surface area contributed by atoms with Crippen LogP contribution in [0, 0.1) is 18.6 Å². The van der Waals surface area contributed by atoms with Gasteiger partial charge in [0.1, 0.15) is 17.3 Å². The highest BCUT2D eigenvalue weighted by Crippen LogP contribution is 2.27. The largest absolute Gasteiger partial charge is 0.449 e. The summed E-state index contributed by atoms with van der Waals surface area (Å²) in [4.78, 5) is 30.4. The molecule has 2 heterocycles. The molecule has 0 saturated carbocycles. The summed E-state index contributed by atoms with van der Waals surface area (Å²) in [6.45, 7) is 7.18. The Hall–Kier alpha value is -4.14. The Bertz CT molecular complexity index is 1390. The van der Waals surface area contributed by atoms with Crippen LogP contribution in [0.25, 0.3) is 22.3 Å². The molecule has 7 nitrogen and oxygen atoms in total. The lowest BCUT2D eigenvalue weighted by Gasteiger charge is -2.15. The number of hydrogen-bond donors (Lipinski definition) is 1. The van der Waals surface area contributed by atoms with E-state index in [1.807, 2.05) is 45.0 Å². The van der Waals surface area contributed by atoms with Gasteiger partial charge in [0.05, 0.1) is 22.8 Å². The van der Waals surface area contributed by atoms with E-state index < -0.39 is 35.3 Å². The van der Waals surface area contributed by atoms with E-state index in [-0.39, 0.29) is 11.6 Å². The molecule has 0 aliphatic heterocycles. The zero-order valence-electron chi connectivity index (χ0n) is 19.7. The minimum absolute atomic E-state index is 0.0162. The summed E-state index contributed by atoms with van der Waals surface area (Å²) in [5, 5.41) is 6.96. The van der Waals surface area contributed by atoms with Gasteiger partial charge in [-0.25, -0.2) is 23.2 Å². The van der Waals surface area contributed by atoms with Crippen LogP contribution in [-0.4, -0.2) is 32.7 Å². The predicted molar refractivity (Wildman–Crippen MR) is 128 cm³/mol. The number of amides is 1. The molecular formula is C26H24F2N4O3. The first kappa shape index (κ1) is 24.0. The Morgan fingerprint density at radius 1 is 1.03 bits per heavy atom. The van der Waals surface area contributed by atoms with E-state index in [2.05, 4.69) is 10.4 Å². The van der Waals surface area contributed by atoms with Gasteiger partial charge in [-0.15, -0.1) is 0 Å². The summed E-state index contributed by atoms with van der Waals surface area (Å²) in [6, 6.07) is 12.5. The lowest BCUT2D eigenvalue weighted by atomic mass is 10.1. The number of pyridine rings is 1. The second kappa shape index (κ2) is 9.61. The monoisotopic (exact) mass is 478 g/mol. The van der Waals surface area contributed by atoms with E-state index >= 15 is 0 Å². The van der Waals surface area contributed by atoms with Crippen LogP contribution >= 0.6 is 0 Å². The second-order valence-corrected chi connectivity index (χ2v) is 8.47. The number of hydrogen-bond acceptors (Lipinski definition) is 5. The van der Waals surface area contributed by atoms with Crippen molar-refractivity contribution in [2.45, 2.75) is 39.8 Å². The first-order valence-electron chi connectivity index (χ1n) is 11.1. The smallest absolute Gasteiger partial charge is 0.339 e. The third kappa shape index (κ3) is 4.89. The number of carbonyl (C=O) groups is 2. The minimum Gasteiger partial charge on any atom is -0.449 e. The molecule has 1 amide bonds. The van der Waals surface area contributed by atoms with Gasteiger partial charge in [0, 0.05) is 11.6 Å². The lowest BCUT2D eigenvalue weighted by Crippen LogP contribution is -2.30. The predicted octanol–water partition coefficient (Wildman–Crippen LogP) is 5.45. The number of nitrogens with zero attached hydrogens (tertiary/aromatic N) is 3. The third-order valence-electron chi connectivity index (χ3n) is 5.49. The number of halogens is 2. The molecule has 0 radical (unpaired) electrons. The molecule has 0 spiro atoms. The van der Waals surface area contributed by atoms with Gasteiger partial charge in [-0.2, -0.15) is 5.10 Å². The molecule has 0 fully saturated rings. The molecular weight excluding hydrogens is 454 g/mol. The van der Waals surface area contributed by atoms with Gasteiger partial charge in [0.2, 0.25) is 0 Å². The van der Waals surface area contributed by atoms with Crippen LogP contribution in [0.15, 0.2) is 54.7 Å². The van der Waals surface area contributed by atoms with Gasteiger partial charge in [0.25, 0.3) is 5.91 Å². The van der Waals surface area contributed by atoms with Crippen LogP contribution in [0.4, 0.5) is 14.5 Å². The number of aryl methyl sites for hydroxylation is 1. The fraction of sp³-hybridized carbons (Fsp3) is 0.231. The highest BCUT2D eigenvalue weighted by molar-refractivity contribution is 6.05. The van der Waals surface area contributed by atoms with Gasteiger partial charge in [-0.3, -0.25) is 4.79 Å². The molecule has 1 atom stereocenters.